The van der Waals surface area contributed by atoms with E-state index in [1.165, 1.54) is 13.2 Å². The van der Waals surface area contributed by atoms with Gasteiger partial charge in [0.2, 0.25) is 0 Å². The molecular formula is C25H22F3N5O3. The Balaban J connectivity index is 1.28. The minimum atomic E-state index is -4.55. The van der Waals surface area contributed by atoms with Crippen LogP contribution in [0.15, 0.2) is 61.2 Å². The summed E-state index contributed by atoms with van der Waals surface area (Å²) in [7, 11) is 1.32. The van der Waals surface area contributed by atoms with E-state index in [1.807, 2.05) is 6.92 Å². The number of hydrogen-bond donors (Lipinski definition) is 1. The molecule has 1 saturated heterocycles. The predicted molar refractivity (Wildman–Crippen MR) is 127 cm³/mol. The maximum Gasteiger partial charge on any atom is 0.416 e. The zero-order valence-electron chi connectivity index (χ0n) is 19.4. The average Bonchev–Trinajstić information content (AvgIpc) is 3.25. The number of nitrogens with zero attached hydrogens (tertiary/aromatic N) is 4. The molecule has 0 saturated carbocycles. The van der Waals surface area contributed by atoms with Gasteiger partial charge in [0.1, 0.15) is 23.1 Å². The van der Waals surface area contributed by atoms with E-state index in [2.05, 4.69) is 20.3 Å². The maximum atomic E-state index is 13.1. The maximum absolute atomic E-state index is 13.1. The summed E-state index contributed by atoms with van der Waals surface area (Å²) in [5.74, 6) is 0.0776. The lowest BCUT2D eigenvalue weighted by Gasteiger charge is -2.40. The van der Waals surface area contributed by atoms with E-state index < -0.39 is 17.6 Å². The van der Waals surface area contributed by atoms with Crippen LogP contribution in [0.4, 0.5) is 24.5 Å². The van der Waals surface area contributed by atoms with Crippen LogP contribution in [0.2, 0.25) is 0 Å². The van der Waals surface area contributed by atoms with Crippen LogP contribution in [0.3, 0.4) is 0 Å². The van der Waals surface area contributed by atoms with Gasteiger partial charge in [-0.05, 0) is 42.8 Å². The summed E-state index contributed by atoms with van der Waals surface area (Å²) in [5, 5.41) is 6.84. The van der Waals surface area contributed by atoms with Crippen molar-refractivity contribution in [1.29, 1.82) is 0 Å². The van der Waals surface area contributed by atoms with Crippen LogP contribution in [0.5, 0.6) is 11.5 Å². The summed E-state index contributed by atoms with van der Waals surface area (Å²) in [4.78, 5) is 19.2. The van der Waals surface area contributed by atoms with Gasteiger partial charge in [0.05, 0.1) is 49.5 Å². The number of fused-ring (bicyclic) bond motifs is 1. The second-order valence-corrected chi connectivity index (χ2v) is 8.43. The lowest BCUT2D eigenvalue weighted by Crippen LogP contribution is -2.54. The average molecular weight is 497 g/mol. The molecule has 0 unspecified atom stereocenters. The van der Waals surface area contributed by atoms with Crippen LogP contribution in [-0.4, -0.2) is 46.8 Å². The van der Waals surface area contributed by atoms with E-state index in [0.29, 0.717) is 18.8 Å². The third-order valence-corrected chi connectivity index (χ3v) is 6.01. The van der Waals surface area contributed by atoms with Gasteiger partial charge in [0.15, 0.2) is 0 Å². The van der Waals surface area contributed by atoms with Crippen LogP contribution in [0, 0.1) is 6.92 Å². The van der Waals surface area contributed by atoms with E-state index in [1.54, 1.807) is 47.5 Å². The number of rotatable bonds is 6. The molecule has 3 heterocycles. The number of benzene rings is 2. The van der Waals surface area contributed by atoms with Gasteiger partial charge in [0, 0.05) is 18.0 Å². The summed E-state index contributed by atoms with van der Waals surface area (Å²) < 4.78 is 52.4. The minimum Gasteiger partial charge on any atom is -0.495 e. The Kier molecular flexibility index (Phi) is 5.91. The summed E-state index contributed by atoms with van der Waals surface area (Å²) in [6.45, 7) is 3.13. The second kappa shape index (κ2) is 9.06. The minimum absolute atomic E-state index is 0.0714. The van der Waals surface area contributed by atoms with Gasteiger partial charge in [-0.15, -0.1) is 0 Å². The third-order valence-electron chi connectivity index (χ3n) is 6.01. The SMILES string of the molecule is COc1ccc(C(F)(F)F)cc1NC(=O)c1ccc(C)c(OC2CN(c3cnn4ccncc34)C2)c1. The number of alkyl halides is 3. The number of nitrogens with one attached hydrogen (secondary N) is 1. The lowest BCUT2D eigenvalue weighted by molar-refractivity contribution is -0.137. The quantitative estimate of drug-likeness (QED) is 0.420. The van der Waals surface area contributed by atoms with Gasteiger partial charge in [-0.3, -0.25) is 9.78 Å². The first-order valence-electron chi connectivity index (χ1n) is 11.1. The number of methoxy groups -OCH3 is 1. The van der Waals surface area contributed by atoms with Crippen LogP contribution in [-0.2, 0) is 6.18 Å². The number of aryl methyl sites for hydroxylation is 1. The standard InChI is InChI=1S/C25H22F3N5O3/c1-15-3-4-16(24(34)31-19-10-17(25(26,27)28)5-6-22(19)35-2)9-23(15)36-18-13-32(14-18)20-12-30-33-8-7-29-11-21(20)33/h3-12,18H,13-14H2,1-2H3,(H,31,34). The van der Waals surface area contributed by atoms with Gasteiger partial charge in [0.25, 0.3) is 5.91 Å². The number of hydrogen-bond acceptors (Lipinski definition) is 6. The molecule has 36 heavy (non-hydrogen) atoms. The molecule has 0 bridgehead atoms. The highest BCUT2D eigenvalue weighted by Gasteiger charge is 2.32. The van der Waals surface area contributed by atoms with Crippen molar-refractivity contribution in [2.24, 2.45) is 0 Å². The number of carbonyl (C=O) groups excluding carboxylic acids is 1. The fourth-order valence-corrected chi connectivity index (χ4v) is 4.00. The van der Waals surface area contributed by atoms with Crippen LogP contribution < -0.4 is 19.7 Å². The Hall–Kier alpha value is -4.28. The molecule has 4 aromatic rings. The fourth-order valence-electron chi connectivity index (χ4n) is 4.00. The van der Waals surface area contributed by atoms with Crippen molar-refractivity contribution in [2.45, 2.75) is 19.2 Å². The van der Waals surface area contributed by atoms with Crippen molar-refractivity contribution >= 4 is 22.8 Å². The molecule has 1 aliphatic rings. The highest BCUT2D eigenvalue weighted by molar-refractivity contribution is 6.05. The Labute approximate surface area is 204 Å². The largest absolute Gasteiger partial charge is 0.495 e. The molecule has 2 aromatic carbocycles. The molecule has 8 nitrogen and oxygen atoms in total. The molecule has 0 aliphatic carbocycles. The highest BCUT2D eigenvalue weighted by Crippen LogP contribution is 2.35. The smallest absolute Gasteiger partial charge is 0.416 e. The van der Waals surface area contributed by atoms with E-state index >= 15 is 0 Å². The van der Waals surface area contributed by atoms with Crippen molar-refractivity contribution in [3.05, 3.63) is 77.9 Å². The van der Waals surface area contributed by atoms with Gasteiger partial charge in [-0.2, -0.15) is 18.3 Å². The normalized spacial score (nSPS) is 14.0. The molecule has 186 valence electrons. The molecule has 0 spiro atoms. The van der Waals surface area contributed by atoms with Crippen molar-refractivity contribution in [3.8, 4) is 11.5 Å². The molecule has 11 heteroatoms. The highest BCUT2D eigenvalue weighted by atomic mass is 19.4. The summed E-state index contributed by atoms with van der Waals surface area (Å²) in [5.41, 5.74) is 1.99. The summed E-state index contributed by atoms with van der Waals surface area (Å²) in [6.07, 6.45) is 2.33. The first kappa shape index (κ1) is 23.5. The van der Waals surface area contributed by atoms with Crippen LogP contribution in [0.1, 0.15) is 21.5 Å². The molecule has 5 rings (SSSR count). The zero-order chi connectivity index (χ0) is 25.4. The molecular weight excluding hydrogens is 475 g/mol. The first-order chi connectivity index (χ1) is 17.2. The summed E-state index contributed by atoms with van der Waals surface area (Å²) >= 11 is 0. The number of ether oxygens (including phenoxy) is 2. The van der Waals surface area contributed by atoms with Crippen molar-refractivity contribution in [3.63, 3.8) is 0 Å². The second-order valence-electron chi connectivity index (χ2n) is 8.43. The number of aromatic nitrogens is 3. The topological polar surface area (TPSA) is 81.0 Å². The van der Waals surface area contributed by atoms with Crippen molar-refractivity contribution in [1.82, 2.24) is 14.6 Å². The van der Waals surface area contributed by atoms with E-state index in [-0.39, 0.29) is 23.1 Å². The van der Waals surface area contributed by atoms with E-state index in [0.717, 1.165) is 28.9 Å². The number of halogens is 3. The zero-order valence-corrected chi connectivity index (χ0v) is 19.4. The molecule has 1 N–H and O–H groups in total. The van der Waals surface area contributed by atoms with Crippen molar-refractivity contribution in [2.75, 3.05) is 30.4 Å². The molecule has 1 amide bonds. The molecule has 1 fully saturated rings. The Bertz CT molecular complexity index is 1430. The number of anilines is 2. The van der Waals surface area contributed by atoms with Gasteiger partial charge in [-0.25, -0.2) is 4.52 Å². The van der Waals surface area contributed by atoms with Crippen LogP contribution >= 0.6 is 0 Å². The van der Waals surface area contributed by atoms with Crippen molar-refractivity contribution < 1.29 is 27.4 Å². The lowest BCUT2D eigenvalue weighted by atomic mass is 10.1. The molecule has 1 aliphatic heterocycles. The van der Waals surface area contributed by atoms with Crippen LogP contribution in [0.25, 0.3) is 5.52 Å². The van der Waals surface area contributed by atoms with E-state index in [4.69, 9.17) is 9.47 Å². The summed E-state index contributed by atoms with van der Waals surface area (Å²) in [6, 6.07) is 7.84. The Morgan fingerprint density at radius 3 is 2.67 bits per heavy atom. The Morgan fingerprint density at radius 2 is 1.92 bits per heavy atom. The number of amides is 1. The first-order valence-corrected chi connectivity index (χ1v) is 11.1. The monoisotopic (exact) mass is 497 g/mol. The molecule has 2 aromatic heterocycles. The molecule has 0 atom stereocenters. The van der Waals surface area contributed by atoms with E-state index in [9.17, 15) is 18.0 Å². The number of carbonyl (C=O) groups is 1. The predicted octanol–water partition coefficient (Wildman–Crippen LogP) is 4.59. The third kappa shape index (κ3) is 4.51. The fraction of sp³-hybridized carbons (Fsp3) is 0.240. The molecule has 0 radical (unpaired) electrons. The Morgan fingerprint density at radius 1 is 1.11 bits per heavy atom. The van der Waals surface area contributed by atoms with Gasteiger partial charge in [-0.1, -0.05) is 6.07 Å². The van der Waals surface area contributed by atoms with Gasteiger partial charge >= 0.3 is 6.18 Å². The van der Waals surface area contributed by atoms with Gasteiger partial charge < -0.3 is 19.7 Å².